The van der Waals surface area contributed by atoms with Gasteiger partial charge < -0.3 is 0 Å². The summed E-state index contributed by atoms with van der Waals surface area (Å²) in [6.07, 6.45) is 7.53. The van der Waals surface area contributed by atoms with Gasteiger partial charge in [0.25, 0.3) is 0 Å². The molecule has 0 amide bonds. The molecule has 0 N–H and O–H groups in total. The van der Waals surface area contributed by atoms with Crippen LogP contribution in [0.1, 0.15) is 0 Å². The van der Waals surface area contributed by atoms with Crippen LogP contribution in [-0.2, 0) is 0 Å². The van der Waals surface area contributed by atoms with E-state index in [9.17, 15) is 0 Å². The average Bonchev–Trinajstić information content (AvgIpc) is 2.33. The van der Waals surface area contributed by atoms with Gasteiger partial charge in [0.1, 0.15) is 6.34 Å². The number of rotatable bonds is 0. The molecule has 9 heavy (non-hydrogen) atoms. The summed E-state index contributed by atoms with van der Waals surface area (Å²) in [5, 5.41) is 2.08. The summed E-state index contributed by atoms with van der Waals surface area (Å²) >= 11 is 0. The minimum Gasteiger partial charge on any atom is -0.243 e. The normalized spacial score (nSPS) is 28.4. The largest absolute Gasteiger partial charge is 0.243 e. The number of hydrogen-bond donors (Lipinski definition) is 0. The molecule has 0 aliphatic carbocycles. The zero-order valence-electron chi connectivity index (χ0n) is 4.69. The third-order valence-corrected chi connectivity index (χ3v) is 2.60. The van der Waals surface area contributed by atoms with Gasteiger partial charge >= 0.3 is 0 Å². The van der Waals surface area contributed by atoms with Gasteiger partial charge in [-0.1, -0.05) is 6.08 Å². The maximum Gasteiger partial charge on any atom is 0.123 e. The summed E-state index contributed by atoms with van der Waals surface area (Å²) in [7, 11) is 0.0154. The van der Waals surface area contributed by atoms with Crippen LogP contribution in [0.5, 0.6) is 0 Å². The lowest BCUT2D eigenvalue weighted by Crippen LogP contribution is -1.96. The molecule has 0 saturated carbocycles. The molecular weight excluding hydrogens is 132 g/mol. The first-order chi connectivity index (χ1) is 4.47. The Morgan fingerprint density at radius 3 is 3.33 bits per heavy atom. The monoisotopic (exact) mass is 137 g/mol. The van der Waals surface area contributed by atoms with E-state index in [4.69, 9.17) is 0 Å². The summed E-state index contributed by atoms with van der Waals surface area (Å²) in [5.74, 6) is 0. The number of fused-ring (bicyclic) bond motifs is 1. The van der Waals surface area contributed by atoms with E-state index in [0.29, 0.717) is 0 Å². The molecule has 0 fully saturated rings. The topological polar surface area (TPSA) is 26.5 Å². The fourth-order valence-corrected chi connectivity index (χ4v) is 1.85. The Labute approximate surface area is 56.0 Å². The van der Waals surface area contributed by atoms with E-state index in [-0.39, 0.29) is 10.7 Å². The Morgan fingerprint density at radius 2 is 2.44 bits per heavy atom. The van der Waals surface area contributed by atoms with Crippen LogP contribution in [0.3, 0.4) is 0 Å². The van der Waals surface area contributed by atoms with E-state index >= 15 is 0 Å². The Kier molecular flexibility index (Phi) is 1.02. The molecule has 0 aromatic rings. The maximum atomic E-state index is 4.14. The lowest BCUT2D eigenvalue weighted by Gasteiger charge is -2.03. The van der Waals surface area contributed by atoms with Crippen LogP contribution in [0.2, 0.25) is 0 Å². The molecule has 0 aromatic carbocycles. The molecular formula is C6H5N2S. The van der Waals surface area contributed by atoms with Crippen LogP contribution >= 0.6 is 10.7 Å². The highest BCUT2D eigenvalue weighted by atomic mass is 32.2. The van der Waals surface area contributed by atoms with Crippen molar-refractivity contribution in [2.24, 2.45) is 4.99 Å². The quantitative estimate of drug-likeness (QED) is 0.446. The predicted octanol–water partition coefficient (Wildman–Crippen LogP) is 1.03. The van der Waals surface area contributed by atoms with Crippen LogP contribution < -0.4 is 4.72 Å². The van der Waals surface area contributed by atoms with E-state index in [0.717, 1.165) is 0 Å². The van der Waals surface area contributed by atoms with Crippen LogP contribution in [-0.4, -0.2) is 11.7 Å². The fraction of sp³-hybridized carbons (Fsp3) is 0. The first-order valence-electron chi connectivity index (χ1n) is 2.64. The van der Waals surface area contributed by atoms with Crippen LogP contribution in [0.15, 0.2) is 28.2 Å². The van der Waals surface area contributed by atoms with Crippen LogP contribution in [0.4, 0.5) is 0 Å². The highest BCUT2D eigenvalue weighted by molar-refractivity contribution is 8.17. The summed E-state index contributed by atoms with van der Waals surface area (Å²) in [5.41, 5.74) is 0. The van der Waals surface area contributed by atoms with Crippen molar-refractivity contribution in [3.8, 4) is 0 Å². The maximum absolute atomic E-state index is 4.14. The Balaban J connectivity index is 2.46. The summed E-state index contributed by atoms with van der Waals surface area (Å²) in [6, 6.07) is 0. The Hall–Kier alpha value is -0.830. The molecule has 0 spiro atoms. The number of hydrogen-bond acceptors (Lipinski definition) is 1. The molecule has 1 radical (unpaired) electrons. The summed E-state index contributed by atoms with van der Waals surface area (Å²) in [6.45, 7) is 0. The van der Waals surface area contributed by atoms with E-state index in [1.807, 2.05) is 18.4 Å². The molecule has 3 heteroatoms. The highest BCUT2D eigenvalue weighted by Crippen LogP contribution is 2.28. The van der Waals surface area contributed by atoms with Gasteiger partial charge in [-0.05, 0) is 22.1 Å². The third-order valence-electron chi connectivity index (χ3n) is 1.14. The first-order valence-corrected chi connectivity index (χ1v) is 3.89. The van der Waals surface area contributed by atoms with Gasteiger partial charge in [0.15, 0.2) is 0 Å². The van der Waals surface area contributed by atoms with Gasteiger partial charge in [-0.3, -0.25) is 0 Å². The molecule has 2 aliphatic heterocycles. The van der Waals surface area contributed by atoms with Gasteiger partial charge in [-0.15, -0.1) is 0 Å². The molecule has 2 nitrogen and oxygen atoms in total. The zero-order chi connectivity index (χ0) is 6.10. The van der Waals surface area contributed by atoms with E-state index < -0.39 is 0 Å². The third kappa shape index (κ3) is 0.733. The van der Waals surface area contributed by atoms with Gasteiger partial charge in [0.2, 0.25) is 0 Å². The predicted molar refractivity (Wildman–Crippen MR) is 41.5 cm³/mol. The lowest BCUT2D eigenvalue weighted by molar-refractivity contribution is 1.44. The van der Waals surface area contributed by atoms with Gasteiger partial charge in [0.05, 0.1) is 0 Å². The summed E-state index contributed by atoms with van der Waals surface area (Å²) < 4.78 is 4.14. The van der Waals surface area contributed by atoms with Crippen molar-refractivity contribution in [2.75, 3.05) is 0 Å². The minimum absolute atomic E-state index is 0.0154. The zero-order valence-corrected chi connectivity index (χ0v) is 5.51. The average molecular weight is 137 g/mol. The van der Waals surface area contributed by atoms with Crippen LogP contribution in [0.25, 0.3) is 0 Å². The number of nitrogens with zero attached hydrogens (tertiary/aromatic N) is 2. The second-order valence-corrected chi connectivity index (χ2v) is 3.29. The SMILES string of the molecule is C1=CC2=CN=C[N]S2=C1. The molecule has 0 bridgehead atoms. The van der Waals surface area contributed by atoms with Crippen molar-refractivity contribution in [3.05, 3.63) is 23.3 Å². The molecule has 1 atom stereocenters. The van der Waals surface area contributed by atoms with Crippen molar-refractivity contribution >= 4 is 22.4 Å². The van der Waals surface area contributed by atoms with Crippen molar-refractivity contribution in [3.63, 3.8) is 0 Å². The Bertz CT molecular complexity index is 248. The minimum atomic E-state index is 0.0154. The molecule has 2 aliphatic rings. The fourth-order valence-electron chi connectivity index (χ4n) is 0.735. The van der Waals surface area contributed by atoms with Crippen molar-refractivity contribution in [2.45, 2.75) is 0 Å². The Morgan fingerprint density at radius 1 is 1.44 bits per heavy atom. The molecule has 1 unspecified atom stereocenters. The smallest absolute Gasteiger partial charge is 0.123 e. The molecule has 2 rings (SSSR count). The van der Waals surface area contributed by atoms with Gasteiger partial charge in [0, 0.05) is 11.1 Å². The molecule has 0 saturated heterocycles. The number of allylic oxidation sites excluding steroid dienone is 2. The highest BCUT2D eigenvalue weighted by Gasteiger charge is 2.06. The van der Waals surface area contributed by atoms with Gasteiger partial charge in [-0.25, -0.2) is 9.71 Å². The molecule has 45 valence electrons. The number of aliphatic imine (C=N–C) groups is 1. The van der Waals surface area contributed by atoms with Crippen LogP contribution in [0, 0.1) is 0 Å². The summed E-state index contributed by atoms with van der Waals surface area (Å²) in [4.78, 5) is 5.12. The van der Waals surface area contributed by atoms with E-state index in [2.05, 4.69) is 15.1 Å². The second kappa shape index (κ2) is 1.84. The van der Waals surface area contributed by atoms with E-state index in [1.165, 1.54) is 4.91 Å². The molecule has 0 aromatic heterocycles. The lowest BCUT2D eigenvalue weighted by atomic mass is 10.5. The first kappa shape index (κ1) is 4.99. The van der Waals surface area contributed by atoms with Crippen molar-refractivity contribution < 1.29 is 0 Å². The standard InChI is InChI=1S/C6H5N2S/c1-2-6-4-7-5-8-9(6)3-1/h1-5H. The van der Waals surface area contributed by atoms with Crippen molar-refractivity contribution in [1.82, 2.24) is 4.72 Å². The second-order valence-electron chi connectivity index (χ2n) is 1.71. The molecule has 2 heterocycles. The van der Waals surface area contributed by atoms with E-state index in [1.54, 1.807) is 6.34 Å². The van der Waals surface area contributed by atoms with Gasteiger partial charge in [-0.2, -0.15) is 0 Å². The van der Waals surface area contributed by atoms with Crippen molar-refractivity contribution in [1.29, 1.82) is 0 Å².